The maximum Gasteiger partial charge on any atom is 0.233 e. The number of amides is 2. The van der Waals surface area contributed by atoms with E-state index in [2.05, 4.69) is 31.2 Å². The number of hydrogen-bond acceptors (Lipinski definition) is 4. The molecule has 218 valence electrons. The van der Waals surface area contributed by atoms with Gasteiger partial charge in [0.1, 0.15) is 11.7 Å². The number of nitrogens with zero attached hydrogens (tertiary/aromatic N) is 2. The Bertz CT molecular complexity index is 1240. The molecular formula is C31H40F3N3O3. The van der Waals surface area contributed by atoms with E-state index in [1.807, 2.05) is 31.7 Å². The van der Waals surface area contributed by atoms with Crippen LogP contribution in [0.15, 0.2) is 47.0 Å². The first-order valence-corrected chi connectivity index (χ1v) is 13.7. The van der Waals surface area contributed by atoms with Gasteiger partial charge in [-0.25, -0.2) is 13.2 Å². The van der Waals surface area contributed by atoms with Crippen molar-refractivity contribution in [2.75, 3.05) is 6.54 Å². The quantitative estimate of drug-likeness (QED) is 0.243. The molecule has 1 N–H and O–H groups in total. The highest BCUT2D eigenvalue weighted by atomic mass is 19.2. The topological polar surface area (TPSA) is 75.4 Å². The van der Waals surface area contributed by atoms with Gasteiger partial charge in [0.2, 0.25) is 12.3 Å². The molecule has 3 unspecified atom stereocenters. The molecular weight excluding hydrogens is 519 g/mol. The Morgan fingerprint density at radius 2 is 1.73 bits per heavy atom. The highest BCUT2D eigenvalue weighted by Gasteiger charge is 2.35. The summed E-state index contributed by atoms with van der Waals surface area (Å²) in [5.41, 5.74) is 2.08. The molecule has 0 spiro atoms. The number of carbonyl (C=O) groups is 2. The smallest absolute Gasteiger partial charge is 0.233 e. The molecule has 4 rings (SSSR count). The summed E-state index contributed by atoms with van der Waals surface area (Å²) >= 11 is 0. The van der Waals surface area contributed by atoms with Crippen LogP contribution in [0.1, 0.15) is 83.4 Å². The van der Waals surface area contributed by atoms with E-state index in [0.717, 1.165) is 36.7 Å². The van der Waals surface area contributed by atoms with Crippen LogP contribution in [0.4, 0.5) is 13.2 Å². The first-order chi connectivity index (χ1) is 19.0. The SMILES string of the molecule is CC.CC(NC=O)c1ccc(-c2ccc(F)c(F)c2F)cc1.Cc1cc(C(C(=O)N2CCCC2C)C(C)C)on1. The van der Waals surface area contributed by atoms with Crippen molar-refractivity contribution in [1.29, 1.82) is 0 Å². The third-order valence-corrected chi connectivity index (χ3v) is 6.80. The number of carbonyl (C=O) groups excluding carboxylic acids is 2. The van der Waals surface area contributed by atoms with Crippen LogP contribution in [0.25, 0.3) is 11.1 Å². The minimum absolute atomic E-state index is 0.00792. The van der Waals surface area contributed by atoms with E-state index in [1.165, 1.54) is 6.07 Å². The van der Waals surface area contributed by atoms with Gasteiger partial charge in [0, 0.05) is 24.2 Å². The number of aromatic nitrogens is 1. The maximum absolute atomic E-state index is 13.7. The van der Waals surface area contributed by atoms with E-state index in [9.17, 15) is 22.8 Å². The fourth-order valence-corrected chi connectivity index (χ4v) is 4.60. The van der Waals surface area contributed by atoms with E-state index in [-0.39, 0.29) is 29.3 Å². The molecule has 3 atom stereocenters. The molecule has 9 heteroatoms. The van der Waals surface area contributed by atoms with Crippen molar-refractivity contribution < 1.29 is 27.3 Å². The molecule has 0 saturated carbocycles. The van der Waals surface area contributed by atoms with Crippen LogP contribution in [-0.4, -0.2) is 35.0 Å². The van der Waals surface area contributed by atoms with E-state index in [0.29, 0.717) is 23.8 Å². The second-order valence-corrected chi connectivity index (χ2v) is 9.97. The fraction of sp³-hybridized carbons (Fsp3) is 0.452. The first-order valence-electron chi connectivity index (χ1n) is 13.7. The molecule has 2 heterocycles. The van der Waals surface area contributed by atoms with Crippen LogP contribution in [0, 0.1) is 30.3 Å². The lowest BCUT2D eigenvalue weighted by Gasteiger charge is -2.27. The van der Waals surface area contributed by atoms with E-state index < -0.39 is 17.5 Å². The van der Waals surface area contributed by atoms with Crippen LogP contribution in [-0.2, 0) is 9.59 Å². The van der Waals surface area contributed by atoms with Crippen LogP contribution < -0.4 is 5.32 Å². The lowest BCUT2D eigenvalue weighted by atomic mass is 9.91. The zero-order valence-corrected chi connectivity index (χ0v) is 24.3. The molecule has 40 heavy (non-hydrogen) atoms. The Balaban J connectivity index is 0.000000265. The van der Waals surface area contributed by atoms with Crippen molar-refractivity contribution >= 4 is 12.3 Å². The van der Waals surface area contributed by atoms with Crippen molar-refractivity contribution in [3.8, 4) is 11.1 Å². The Hall–Kier alpha value is -3.62. The summed E-state index contributed by atoms with van der Waals surface area (Å²) in [6, 6.07) is 10.7. The molecule has 0 aliphatic carbocycles. The minimum atomic E-state index is -1.48. The van der Waals surface area contributed by atoms with Crippen molar-refractivity contribution in [1.82, 2.24) is 15.4 Å². The Kier molecular flexibility index (Phi) is 12.4. The van der Waals surface area contributed by atoms with Gasteiger partial charge in [-0.05, 0) is 62.8 Å². The number of halogens is 3. The highest BCUT2D eigenvalue weighted by Crippen LogP contribution is 2.31. The summed E-state index contributed by atoms with van der Waals surface area (Å²) in [7, 11) is 0. The van der Waals surface area contributed by atoms with Gasteiger partial charge in [-0.1, -0.05) is 57.1 Å². The average Bonchev–Trinajstić information content (AvgIpc) is 3.57. The molecule has 1 aliphatic rings. The Morgan fingerprint density at radius 3 is 2.23 bits per heavy atom. The molecule has 1 aliphatic heterocycles. The van der Waals surface area contributed by atoms with Gasteiger partial charge in [0.15, 0.2) is 17.5 Å². The third-order valence-electron chi connectivity index (χ3n) is 6.80. The first kappa shape index (κ1) is 32.6. The van der Waals surface area contributed by atoms with E-state index in [4.69, 9.17) is 4.52 Å². The monoisotopic (exact) mass is 559 g/mol. The second-order valence-electron chi connectivity index (χ2n) is 9.97. The summed E-state index contributed by atoms with van der Waals surface area (Å²) in [6.45, 7) is 14.8. The van der Waals surface area contributed by atoms with Gasteiger partial charge in [0.25, 0.3) is 0 Å². The molecule has 3 aromatic rings. The molecule has 1 aromatic heterocycles. The van der Waals surface area contributed by atoms with Crippen LogP contribution in [0.2, 0.25) is 0 Å². The molecule has 1 fully saturated rings. The van der Waals surface area contributed by atoms with Crippen molar-refractivity contribution in [3.05, 3.63) is 76.9 Å². The molecule has 0 radical (unpaired) electrons. The van der Waals surface area contributed by atoms with Gasteiger partial charge in [-0.3, -0.25) is 9.59 Å². The zero-order valence-electron chi connectivity index (χ0n) is 24.3. The van der Waals surface area contributed by atoms with Crippen LogP contribution in [0.5, 0.6) is 0 Å². The third kappa shape index (κ3) is 7.96. The molecule has 2 amide bonds. The number of rotatable bonds is 7. The van der Waals surface area contributed by atoms with Gasteiger partial charge in [-0.2, -0.15) is 0 Å². The van der Waals surface area contributed by atoms with E-state index in [1.54, 1.807) is 31.2 Å². The van der Waals surface area contributed by atoms with Crippen LogP contribution >= 0.6 is 0 Å². The number of likely N-dealkylation sites (tertiary alicyclic amines) is 1. The second kappa shape index (κ2) is 15.2. The number of hydrogen-bond donors (Lipinski definition) is 1. The molecule has 1 saturated heterocycles. The average molecular weight is 560 g/mol. The molecule has 6 nitrogen and oxygen atoms in total. The number of nitrogens with one attached hydrogen (secondary N) is 1. The van der Waals surface area contributed by atoms with Crippen molar-refractivity contribution in [2.45, 2.75) is 79.3 Å². The van der Waals surface area contributed by atoms with Gasteiger partial charge in [0.05, 0.1) is 11.7 Å². The largest absolute Gasteiger partial charge is 0.360 e. The number of benzene rings is 2. The van der Waals surface area contributed by atoms with Crippen molar-refractivity contribution in [2.24, 2.45) is 5.92 Å². The highest BCUT2D eigenvalue weighted by molar-refractivity contribution is 5.84. The van der Waals surface area contributed by atoms with Gasteiger partial charge >= 0.3 is 0 Å². The normalized spacial score (nSPS) is 15.9. The molecule has 2 aromatic carbocycles. The van der Waals surface area contributed by atoms with Crippen LogP contribution in [0.3, 0.4) is 0 Å². The Labute approximate surface area is 234 Å². The minimum Gasteiger partial charge on any atom is -0.360 e. The van der Waals surface area contributed by atoms with Crippen molar-refractivity contribution in [3.63, 3.8) is 0 Å². The summed E-state index contributed by atoms with van der Waals surface area (Å²) in [6.07, 6.45) is 2.80. The Morgan fingerprint density at radius 1 is 1.07 bits per heavy atom. The molecule has 0 bridgehead atoms. The van der Waals surface area contributed by atoms with Gasteiger partial charge < -0.3 is 14.7 Å². The predicted molar refractivity (Wildman–Crippen MR) is 150 cm³/mol. The number of aryl methyl sites for hydroxylation is 1. The summed E-state index contributed by atoms with van der Waals surface area (Å²) < 4.78 is 45.0. The summed E-state index contributed by atoms with van der Waals surface area (Å²) in [4.78, 5) is 25.0. The predicted octanol–water partition coefficient (Wildman–Crippen LogP) is 7.34. The van der Waals surface area contributed by atoms with Gasteiger partial charge in [-0.15, -0.1) is 0 Å². The summed E-state index contributed by atoms with van der Waals surface area (Å²) in [5.74, 6) is -3.01. The lowest BCUT2D eigenvalue weighted by molar-refractivity contribution is -0.134. The fourth-order valence-electron chi connectivity index (χ4n) is 4.60. The lowest BCUT2D eigenvalue weighted by Crippen LogP contribution is -2.38. The van der Waals surface area contributed by atoms with E-state index >= 15 is 0 Å². The maximum atomic E-state index is 13.7. The zero-order chi connectivity index (χ0) is 30.0. The standard InChI is InChI=1S/C15H12F3NO.C14H22N2O2.C2H6/c1-9(19-8-20)10-2-4-11(5-3-10)12-6-7-13(16)15(18)14(12)17;1-9(2)13(12-8-10(3)15-18-12)14(17)16-7-5-6-11(16)4;1-2/h2-9H,1H3,(H,19,20);8-9,11,13H,5-7H2,1-4H3;1-2H3. The summed E-state index contributed by atoms with van der Waals surface area (Å²) in [5, 5.41) is 6.49.